The zero-order valence-electron chi connectivity index (χ0n) is 12.9. The van der Waals surface area contributed by atoms with Crippen LogP contribution in [0.2, 0.25) is 0 Å². The lowest BCUT2D eigenvalue weighted by Gasteiger charge is -2.03. The number of nitro groups is 1. The lowest BCUT2D eigenvalue weighted by atomic mass is 10.3. The highest BCUT2D eigenvalue weighted by Gasteiger charge is 2.16. The summed E-state index contributed by atoms with van der Waals surface area (Å²) < 4.78 is 11.7. The molecule has 2 aromatic heterocycles. The van der Waals surface area contributed by atoms with Gasteiger partial charge in [0.05, 0.1) is 28.5 Å². The SMILES string of the molecule is COC(=O)Cn1c(=NC(=O)c2ccco2)sc2ccc([N+](=O)[O-])cc21. The molecule has 0 aliphatic rings. The molecule has 3 aromatic rings. The molecule has 0 bridgehead atoms. The Hall–Kier alpha value is -3.27. The van der Waals surface area contributed by atoms with Gasteiger partial charge >= 0.3 is 11.9 Å². The van der Waals surface area contributed by atoms with Gasteiger partial charge in [-0.1, -0.05) is 11.3 Å². The second kappa shape index (κ2) is 6.69. The molecule has 0 aliphatic carbocycles. The van der Waals surface area contributed by atoms with Crippen LogP contribution in [0.15, 0.2) is 46.0 Å². The van der Waals surface area contributed by atoms with E-state index < -0.39 is 16.8 Å². The molecule has 9 nitrogen and oxygen atoms in total. The van der Waals surface area contributed by atoms with E-state index >= 15 is 0 Å². The quantitative estimate of drug-likeness (QED) is 0.399. The number of fused-ring (bicyclic) bond motifs is 1. The van der Waals surface area contributed by atoms with Crippen molar-refractivity contribution >= 4 is 39.1 Å². The highest BCUT2D eigenvalue weighted by Crippen LogP contribution is 2.23. The number of esters is 1. The summed E-state index contributed by atoms with van der Waals surface area (Å²) >= 11 is 1.13. The van der Waals surface area contributed by atoms with E-state index in [0.717, 1.165) is 11.3 Å². The Morgan fingerprint density at radius 3 is 2.84 bits per heavy atom. The molecule has 128 valence electrons. The normalized spacial score (nSPS) is 11.6. The van der Waals surface area contributed by atoms with Crippen LogP contribution >= 0.6 is 11.3 Å². The zero-order valence-corrected chi connectivity index (χ0v) is 13.7. The van der Waals surface area contributed by atoms with Crippen LogP contribution in [-0.4, -0.2) is 28.5 Å². The summed E-state index contributed by atoms with van der Waals surface area (Å²) in [4.78, 5) is 38.5. The Kier molecular flexibility index (Phi) is 4.44. The van der Waals surface area contributed by atoms with E-state index in [1.165, 1.54) is 36.1 Å². The highest BCUT2D eigenvalue weighted by atomic mass is 32.1. The number of hydrogen-bond donors (Lipinski definition) is 0. The lowest BCUT2D eigenvalue weighted by molar-refractivity contribution is -0.384. The summed E-state index contributed by atoms with van der Waals surface area (Å²) in [5.41, 5.74) is 0.281. The molecule has 0 saturated heterocycles. The maximum absolute atomic E-state index is 12.1. The van der Waals surface area contributed by atoms with Crippen molar-refractivity contribution in [3.8, 4) is 0 Å². The first-order valence-corrected chi connectivity index (χ1v) is 7.78. The first-order valence-electron chi connectivity index (χ1n) is 6.97. The smallest absolute Gasteiger partial charge is 0.325 e. The largest absolute Gasteiger partial charge is 0.468 e. The number of carbonyl (C=O) groups excluding carboxylic acids is 2. The first-order chi connectivity index (χ1) is 12.0. The summed E-state index contributed by atoms with van der Waals surface area (Å²) in [6.07, 6.45) is 1.35. The molecule has 1 amide bonds. The Morgan fingerprint density at radius 2 is 2.20 bits per heavy atom. The third-order valence-corrected chi connectivity index (χ3v) is 4.38. The molecule has 1 aromatic carbocycles. The van der Waals surface area contributed by atoms with Crippen molar-refractivity contribution in [1.29, 1.82) is 0 Å². The van der Waals surface area contributed by atoms with Crippen molar-refractivity contribution in [3.05, 3.63) is 57.3 Å². The molecule has 0 N–H and O–H groups in total. The van der Waals surface area contributed by atoms with Gasteiger partial charge in [-0.25, -0.2) is 0 Å². The Labute approximate surface area is 143 Å². The number of furan rings is 1. The maximum atomic E-state index is 12.1. The minimum Gasteiger partial charge on any atom is -0.468 e. The van der Waals surface area contributed by atoms with Crippen molar-refractivity contribution in [1.82, 2.24) is 4.57 Å². The fourth-order valence-electron chi connectivity index (χ4n) is 2.14. The Morgan fingerprint density at radius 1 is 1.40 bits per heavy atom. The predicted molar refractivity (Wildman–Crippen MR) is 87.1 cm³/mol. The molecule has 0 atom stereocenters. The number of amides is 1. The number of nitro benzene ring substituents is 1. The standard InChI is InChI=1S/C15H11N3O6S/c1-23-13(19)8-17-10-7-9(18(21)22)4-5-12(10)25-15(17)16-14(20)11-3-2-6-24-11/h2-7H,8H2,1H3. The van der Waals surface area contributed by atoms with Crippen LogP contribution < -0.4 is 4.80 Å². The summed E-state index contributed by atoms with van der Waals surface area (Å²) in [7, 11) is 1.23. The van der Waals surface area contributed by atoms with Crippen LogP contribution in [0.5, 0.6) is 0 Å². The molecule has 2 heterocycles. The molecule has 3 rings (SSSR count). The molecular weight excluding hydrogens is 350 g/mol. The molecule has 0 spiro atoms. The van der Waals surface area contributed by atoms with E-state index in [1.54, 1.807) is 12.1 Å². The van der Waals surface area contributed by atoms with E-state index in [1.807, 2.05) is 0 Å². The number of thiazole rings is 1. The number of hydrogen-bond acceptors (Lipinski definition) is 7. The van der Waals surface area contributed by atoms with Gasteiger partial charge in [-0.15, -0.1) is 0 Å². The zero-order chi connectivity index (χ0) is 18.0. The molecule has 0 aliphatic heterocycles. The number of nitrogens with zero attached hydrogens (tertiary/aromatic N) is 3. The van der Waals surface area contributed by atoms with E-state index in [4.69, 9.17) is 4.42 Å². The molecule has 25 heavy (non-hydrogen) atoms. The van der Waals surface area contributed by atoms with Crippen molar-refractivity contribution in [2.75, 3.05) is 7.11 Å². The number of aromatic nitrogens is 1. The maximum Gasteiger partial charge on any atom is 0.325 e. The molecule has 0 saturated carbocycles. The predicted octanol–water partition coefficient (Wildman–Crippen LogP) is 2.12. The number of rotatable bonds is 4. The average Bonchev–Trinajstić information content (AvgIpc) is 3.23. The Bertz CT molecular complexity index is 1030. The van der Waals surface area contributed by atoms with Crippen LogP contribution in [0.4, 0.5) is 5.69 Å². The van der Waals surface area contributed by atoms with Crippen LogP contribution in [0.25, 0.3) is 10.2 Å². The molecule has 0 fully saturated rings. The summed E-state index contributed by atoms with van der Waals surface area (Å²) in [6.45, 7) is -0.234. The van der Waals surface area contributed by atoms with Crippen molar-refractivity contribution < 1.29 is 23.7 Å². The average molecular weight is 361 g/mol. The first kappa shape index (κ1) is 16.6. The van der Waals surface area contributed by atoms with Gasteiger partial charge < -0.3 is 13.7 Å². The van der Waals surface area contributed by atoms with Gasteiger partial charge in [0.15, 0.2) is 10.6 Å². The monoisotopic (exact) mass is 361 g/mol. The van der Waals surface area contributed by atoms with Crippen molar-refractivity contribution in [2.24, 2.45) is 4.99 Å². The van der Waals surface area contributed by atoms with Crippen LogP contribution in [0, 0.1) is 10.1 Å². The van der Waals surface area contributed by atoms with Gasteiger partial charge in [0, 0.05) is 12.1 Å². The fraction of sp³-hybridized carbons (Fsp3) is 0.133. The third kappa shape index (κ3) is 3.33. The van der Waals surface area contributed by atoms with Gasteiger partial charge in [0.1, 0.15) is 6.54 Å². The lowest BCUT2D eigenvalue weighted by Crippen LogP contribution is -2.22. The topological polar surface area (TPSA) is 117 Å². The van der Waals surface area contributed by atoms with Gasteiger partial charge in [-0.3, -0.25) is 19.7 Å². The third-order valence-electron chi connectivity index (χ3n) is 3.32. The van der Waals surface area contributed by atoms with Gasteiger partial charge in [0.25, 0.3) is 5.69 Å². The second-order valence-corrected chi connectivity index (χ2v) is 5.86. The summed E-state index contributed by atoms with van der Waals surface area (Å²) in [5.74, 6) is -1.14. The van der Waals surface area contributed by atoms with Crippen molar-refractivity contribution in [2.45, 2.75) is 6.54 Å². The minimum atomic E-state index is -0.621. The van der Waals surface area contributed by atoms with E-state index in [9.17, 15) is 19.7 Å². The van der Waals surface area contributed by atoms with Gasteiger partial charge in [-0.2, -0.15) is 4.99 Å². The van der Waals surface area contributed by atoms with E-state index in [2.05, 4.69) is 9.73 Å². The van der Waals surface area contributed by atoms with Crippen molar-refractivity contribution in [3.63, 3.8) is 0 Å². The van der Waals surface area contributed by atoms with Gasteiger partial charge in [-0.05, 0) is 18.2 Å². The molecule has 10 heteroatoms. The number of benzene rings is 1. The minimum absolute atomic E-state index is 0.0491. The summed E-state index contributed by atoms with van der Waals surface area (Å²) in [6, 6.07) is 7.24. The molecular formula is C15H11N3O6S. The van der Waals surface area contributed by atoms with Crippen LogP contribution in [0.1, 0.15) is 10.6 Å². The molecule has 0 unspecified atom stereocenters. The number of non-ortho nitro benzene ring substituents is 1. The number of carbonyl (C=O) groups is 2. The fourth-order valence-corrected chi connectivity index (χ4v) is 3.15. The van der Waals surface area contributed by atoms with Crippen LogP contribution in [0.3, 0.4) is 0 Å². The van der Waals surface area contributed by atoms with E-state index in [-0.39, 0.29) is 22.8 Å². The van der Waals surface area contributed by atoms with Crippen LogP contribution in [-0.2, 0) is 16.1 Å². The molecule has 0 radical (unpaired) electrons. The summed E-state index contributed by atoms with van der Waals surface area (Å²) in [5, 5.41) is 11.0. The van der Waals surface area contributed by atoms with Gasteiger partial charge in [0.2, 0.25) is 0 Å². The highest BCUT2D eigenvalue weighted by molar-refractivity contribution is 7.16. The van der Waals surface area contributed by atoms with E-state index in [0.29, 0.717) is 10.2 Å². The Balaban J connectivity index is 2.19. The second-order valence-electron chi connectivity index (χ2n) is 4.85. The number of ether oxygens (including phenoxy) is 1. The number of methoxy groups -OCH3 is 1.